The number of rotatable bonds is 9. The molecular formula is C33H46FN7O5. The number of halogens is 1. The van der Waals surface area contributed by atoms with Crippen LogP contribution in [-0.4, -0.2) is 124 Å². The maximum atomic E-state index is 14.3. The van der Waals surface area contributed by atoms with Crippen LogP contribution < -0.4 is 15.9 Å². The fourth-order valence-corrected chi connectivity index (χ4v) is 7.21. The molecule has 6 rings (SSSR count). The van der Waals surface area contributed by atoms with Crippen LogP contribution in [0.25, 0.3) is 5.65 Å². The number of morpholine rings is 1. The summed E-state index contributed by atoms with van der Waals surface area (Å²) in [5, 5.41) is 28.0. The Morgan fingerprint density at radius 2 is 1.91 bits per heavy atom. The summed E-state index contributed by atoms with van der Waals surface area (Å²) in [6.07, 6.45) is 0.341. The third kappa shape index (κ3) is 6.24. The summed E-state index contributed by atoms with van der Waals surface area (Å²) < 4.78 is 22.0. The van der Waals surface area contributed by atoms with Gasteiger partial charge in [-0.05, 0) is 37.6 Å². The van der Waals surface area contributed by atoms with Crippen LogP contribution in [0.4, 0.5) is 10.1 Å². The number of fused-ring (bicyclic) bond motifs is 3. The third-order valence-electron chi connectivity index (χ3n) is 9.74. The number of benzene rings is 1. The summed E-state index contributed by atoms with van der Waals surface area (Å²) in [6, 6.07) is 7.88. The van der Waals surface area contributed by atoms with Gasteiger partial charge in [-0.3, -0.25) is 14.6 Å². The standard InChI is InChI=1S/C33H46FN7O5/c1-21-14-38(26(13-35-21)15-37-9-10-46-19-22(37)2)16-29(44)39-20-33(3,4)30-28(39)12-24(11-23-5-7-25(34)8-6-23)31-36-41(27(17-42)18-43)32(45)40(30)31/h5-8,12,21-22,26-27,35,42-43H,9-11,13-20H2,1-4H3/t21-,22-,26-/m1/s1. The molecule has 3 N–H and O–H groups in total. The minimum atomic E-state index is -0.912. The van der Waals surface area contributed by atoms with E-state index in [1.54, 1.807) is 17.0 Å². The lowest BCUT2D eigenvalue weighted by atomic mass is 9.90. The molecule has 0 radical (unpaired) electrons. The number of amides is 1. The second kappa shape index (κ2) is 13.1. The monoisotopic (exact) mass is 639 g/mol. The molecule has 46 heavy (non-hydrogen) atoms. The molecule has 1 amide bonds. The van der Waals surface area contributed by atoms with Crippen LogP contribution >= 0.6 is 0 Å². The highest BCUT2D eigenvalue weighted by Crippen LogP contribution is 2.42. The largest absolute Gasteiger partial charge is 0.394 e. The third-order valence-corrected chi connectivity index (χ3v) is 9.74. The maximum absolute atomic E-state index is 14.3. The number of aliphatic hydroxyl groups is 2. The highest BCUT2D eigenvalue weighted by Gasteiger charge is 2.43. The van der Waals surface area contributed by atoms with Gasteiger partial charge < -0.3 is 25.2 Å². The topological polar surface area (TPSA) is 128 Å². The van der Waals surface area contributed by atoms with Crippen molar-refractivity contribution in [3.63, 3.8) is 0 Å². The second-order valence-electron chi connectivity index (χ2n) is 13.8. The number of anilines is 1. The maximum Gasteiger partial charge on any atom is 0.351 e. The smallest absolute Gasteiger partial charge is 0.351 e. The van der Waals surface area contributed by atoms with Crippen molar-refractivity contribution in [3.05, 3.63) is 63.5 Å². The van der Waals surface area contributed by atoms with Crippen LogP contribution in [0, 0.1) is 5.82 Å². The van der Waals surface area contributed by atoms with Gasteiger partial charge in [0.1, 0.15) is 11.9 Å². The SMILES string of the molecule is C[C@@H]1CN(CC(=O)N2CC(C)(C)c3c2cc(Cc2ccc(F)cc2)c2nn(C(CO)CO)c(=O)n32)[C@@H](CN2CCOC[C@H]2C)CN1. The van der Waals surface area contributed by atoms with E-state index in [0.717, 1.165) is 36.4 Å². The van der Waals surface area contributed by atoms with Crippen LogP contribution in [0.3, 0.4) is 0 Å². The summed E-state index contributed by atoms with van der Waals surface area (Å²) in [4.78, 5) is 34.8. The van der Waals surface area contributed by atoms with Crippen molar-refractivity contribution < 1.29 is 24.1 Å². The first kappa shape index (κ1) is 32.7. The van der Waals surface area contributed by atoms with Crippen LogP contribution in [0.2, 0.25) is 0 Å². The van der Waals surface area contributed by atoms with Crippen molar-refractivity contribution in [2.24, 2.45) is 0 Å². The Morgan fingerprint density at radius 1 is 1.17 bits per heavy atom. The van der Waals surface area contributed by atoms with E-state index in [1.165, 1.54) is 16.5 Å². The molecule has 12 nitrogen and oxygen atoms in total. The summed E-state index contributed by atoms with van der Waals surface area (Å²) in [5.41, 5.74) is 2.11. The number of carbonyl (C=O) groups excluding carboxylic acids is 1. The number of piperazine rings is 1. The van der Waals surface area contributed by atoms with Crippen LogP contribution in [0.15, 0.2) is 35.1 Å². The average Bonchev–Trinajstić information content (AvgIpc) is 3.50. The fraction of sp³-hybridized carbons (Fsp3) is 0.606. The van der Waals surface area contributed by atoms with Gasteiger partial charge in [0.2, 0.25) is 5.91 Å². The Hall–Kier alpha value is -3.20. The van der Waals surface area contributed by atoms with E-state index in [4.69, 9.17) is 4.74 Å². The molecule has 5 heterocycles. The number of aliphatic hydroxyl groups excluding tert-OH is 2. The molecule has 1 aromatic carbocycles. The molecule has 0 aliphatic carbocycles. The predicted octanol–water partition coefficient (Wildman–Crippen LogP) is 0.759. The molecule has 3 aliphatic rings. The lowest BCUT2D eigenvalue weighted by Crippen LogP contribution is -2.62. The first-order valence-corrected chi connectivity index (χ1v) is 16.2. The lowest BCUT2D eigenvalue weighted by Gasteiger charge is -2.43. The molecule has 3 aliphatic heterocycles. The number of hydrogen-bond acceptors (Lipinski definition) is 9. The number of hydrogen-bond donors (Lipinski definition) is 3. The number of nitrogens with one attached hydrogen (secondary N) is 1. The molecule has 0 unspecified atom stereocenters. The van der Waals surface area contributed by atoms with Crippen molar-refractivity contribution in [1.29, 1.82) is 0 Å². The predicted molar refractivity (Wildman–Crippen MR) is 172 cm³/mol. The number of nitrogens with zero attached hydrogens (tertiary/aromatic N) is 6. The summed E-state index contributed by atoms with van der Waals surface area (Å²) >= 11 is 0. The number of aromatic nitrogens is 3. The zero-order valence-corrected chi connectivity index (χ0v) is 27.2. The van der Waals surface area contributed by atoms with Crippen LogP contribution in [0.5, 0.6) is 0 Å². The minimum Gasteiger partial charge on any atom is -0.394 e. The lowest BCUT2D eigenvalue weighted by molar-refractivity contribution is -0.121. The van der Waals surface area contributed by atoms with E-state index >= 15 is 0 Å². The van der Waals surface area contributed by atoms with E-state index in [-0.39, 0.29) is 30.4 Å². The molecule has 13 heteroatoms. The van der Waals surface area contributed by atoms with Crippen molar-refractivity contribution in [3.8, 4) is 0 Å². The summed E-state index contributed by atoms with van der Waals surface area (Å²) in [7, 11) is 0. The Morgan fingerprint density at radius 3 is 2.61 bits per heavy atom. The molecule has 3 aromatic rings. The molecule has 3 atom stereocenters. The molecular weight excluding hydrogens is 593 g/mol. The van der Waals surface area contributed by atoms with Gasteiger partial charge in [-0.25, -0.2) is 18.3 Å². The summed E-state index contributed by atoms with van der Waals surface area (Å²) in [5.74, 6) is -0.392. The highest BCUT2D eigenvalue weighted by atomic mass is 19.1. The highest BCUT2D eigenvalue weighted by molar-refractivity contribution is 5.98. The zero-order valence-electron chi connectivity index (χ0n) is 27.2. The van der Waals surface area contributed by atoms with Gasteiger partial charge in [0.05, 0.1) is 44.4 Å². The molecule has 0 spiro atoms. The molecule has 2 aromatic heterocycles. The van der Waals surface area contributed by atoms with E-state index in [9.17, 15) is 24.2 Å². The number of pyridine rings is 1. The van der Waals surface area contributed by atoms with E-state index in [1.807, 2.05) is 19.9 Å². The van der Waals surface area contributed by atoms with Crippen LogP contribution in [0.1, 0.15) is 50.6 Å². The first-order valence-electron chi connectivity index (χ1n) is 16.2. The van der Waals surface area contributed by atoms with E-state index < -0.39 is 30.4 Å². The Balaban J connectivity index is 1.38. The van der Waals surface area contributed by atoms with Crippen molar-refractivity contribution in [1.82, 2.24) is 29.3 Å². The summed E-state index contributed by atoms with van der Waals surface area (Å²) in [6.45, 7) is 12.7. The first-order chi connectivity index (χ1) is 22.0. The minimum absolute atomic E-state index is 0.0444. The quantitative estimate of drug-likeness (QED) is 0.311. The zero-order chi connectivity index (χ0) is 32.7. The van der Waals surface area contributed by atoms with Gasteiger partial charge in [-0.2, -0.15) is 0 Å². The van der Waals surface area contributed by atoms with E-state index in [2.05, 4.69) is 34.1 Å². The molecule has 0 saturated carbocycles. The fourth-order valence-electron chi connectivity index (χ4n) is 7.21. The van der Waals surface area contributed by atoms with Gasteiger partial charge >= 0.3 is 5.69 Å². The van der Waals surface area contributed by atoms with Gasteiger partial charge in [-0.1, -0.05) is 26.0 Å². The van der Waals surface area contributed by atoms with Gasteiger partial charge in [0.15, 0.2) is 5.65 Å². The molecule has 2 saturated heterocycles. The van der Waals surface area contributed by atoms with Crippen molar-refractivity contribution in [2.75, 3.05) is 70.6 Å². The number of carbonyl (C=O) groups is 1. The van der Waals surface area contributed by atoms with Gasteiger partial charge in [-0.15, -0.1) is 5.10 Å². The molecule has 2 fully saturated rings. The average molecular weight is 640 g/mol. The van der Waals surface area contributed by atoms with Gasteiger partial charge in [0.25, 0.3) is 0 Å². The van der Waals surface area contributed by atoms with Crippen molar-refractivity contribution >= 4 is 17.2 Å². The Labute approximate surface area is 268 Å². The van der Waals surface area contributed by atoms with E-state index in [0.29, 0.717) is 54.8 Å². The molecule has 0 bridgehead atoms. The molecule has 250 valence electrons. The second-order valence-corrected chi connectivity index (χ2v) is 13.8. The normalized spacial score (nSPS) is 23.8. The van der Waals surface area contributed by atoms with Gasteiger partial charge in [0, 0.05) is 68.2 Å². The number of ether oxygens (including phenoxy) is 1. The Kier molecular flexibility index (Phi) is 9.34. The van der Waals surface area contributed by atoms with Crippen molar-refractivity contribution in [2.45, 2.75) is 63.7 Å². The van der Waals surface area contributed by atoms with Crippen LogP contribution in [-0.2, 0) is 21.4 Å². The Bertz CT molecular complexity index is 1620.